The average molecular weight is 819 g/mol. The highest BCUT2D eigenvalue weighted by molar-refractivity contribution is 5.96. The quantitative estimate of drug-likeness (QED) is 0.171. The van der Waals surface area contributed by atoms with Gasteiger partial charge in [0.25, 0.3) is 5.91 Å². The van der Waals surface area contributed by atoms with Crippen molar-refractivity contribution in [3.63, 3.8) is 0 Å². The van der Waals surface area contributed by atoms with Crippen molar-refractivity contribution in [3.8, 4) is 28.1 Å². The molecule has 12 heteroatoms. The first-order valence-electron chi connectivity index (χ1n) is 21.5. The van der Waals surface area contributed by atoms with Gasteiger partial charge in [-0.15, -0.1) is 0 Å². The van der Waals surface area contributed by atoms with E-state index in [4.69, 9.17) is 14.5 Å². The molecule has 3 N–H and O–H groups in total. The van der Waals surface area contributed by atoms with Gasteiger partial charge < -0.3 is 29.4 Å². The third-order valence-corrected chi connectivity index (χ3v) is 11.7. The number of nitrogens with zero attached hydrogens (tertiary/aromatic N) is 4. The molecule has 5 heterocycles. The zero-order valence-corrected chi connectivity index (χ0v) is 36.8. The molecule has 2 aromatic heterocycles. The Morgan fingerprint density at radius 2 is 1.87 bits per heavy atom. The number of alkyl carbamates (subject to hydrolysis) is 1. The average Bonchev–Trinajstić information content (AvgIpc) is 3.49. The van der Waals surface area contributed by atoms with Gasteiger partial charge in [0.15, 0.2) is 0 Å². The van der Waals surface area contributed by atoms with Crippen LogP contribution in [0.5, 0.6) is 5.75 Å². The fourth-order valence-electron chi connectivity index (χ4n) is 8.80. The van der Waals surface area contributed by atoms with E-state index in [0.29, 0.717) is 31.4 Å². The summed E-state index contributed by atoms with van der Waals surface area (Å²) in [4.78, 5) is 48.7. The van der Waals surface area contributed by atoms with Crippen molar-refractivity contribution in [3.05, 3.63) is 77.1 Å². The van der Waals surface area contributed by atoms with Crippen molar-refractivity contribution in [1.29, 1.82) is 0 Å². The summed E-state index contributed by atoms with van der Waals surface area (Å²) in [7, 11) is 2.15. The van der Waals surface area contributed by atoms with Crippen LogP contribution in [0.15, 0.2) is 54.7 Å². The zero-order chi connectivity index (χ0) is 43.1. The number of cyclic esters (lactones) is 1. The first kappa shape index (κ1) is 42.9. The molecule has 6 bridgehead atoms. The van der Waals surface area contributed by atoms with Gasteiger partial charge in [0.1, 0.15) is 23.4 Å². The molecule has 0 radical (unpaired) electrons. The second-order valence-corrected chi connectivity index (χ2v) is 18.9. The van der Waals surface area contributed by atoms with Gasteiger partial charge in [0, 0.05) is 60.7 Å². The summed E-state index contributed by atoms with van der Waals surface area (Å²) in [6, 6.07) is 12.3. The fraction of sp³-hybridized carbons (Fsp3) is 0.500. The fourth-order valence-corrected chi connectivity index (χ4v) is 8.80. The van der Waals surface area contributed by atoms with Crippen molar-refractivity contribution >= 4 is 34.4 Å². The Hall–Kier alpha value is -5.20. The summed E-state index contributed by atoms with van der Waals surface area (Å²) in [6.07, 6.45) is 6.29. The molecule has 0 spiro atoms. The molecule has 3 aliphatic rings. The number of amides is 2. The van der Waals surface area contributed by atoms with E-state index < -0.39 is 41.1 Å². The Bertz CT molecular complexity index is 2320. The van der Waals surface area contributed by atoms with Crippen molar-refractivity contribution in [2.75, 3.05) is 33.3 Å². The van der Waals surface area contributed by atoms with E-state index in [1.165, 1.54) is 10.6 Å². The Morgan fingerprint density at radius 3 is 2.57 bits per heavy atom. The number of phenolic OH excluding ortho intramolecular Hbond substituents is 1. The number of phenols is 1. The van der Waals surface area contributed by atoms with E-state index in [1.807, 2.05) is 12.3 Å². The molecule has 0 aliphatic carbocycles. The minimum atomic E-state index is -1.06. The van der Waals surface area contributed by atoms with Gasteiger partial charge in [-0.25, -0.2) is 10.2 Å². The van der Waals surface area contributed by atoms with Gasteiger partial charge in [-0.1, -0.05) is 45.9 Å². The largest absolute Gasteiger partial charge is 0.508 e. The topological polar surface area (TPSA) is 138 Å². The normalized spacial score (nSPS) is 20.4. The minimum Gasteiger partial charge on any atom is -0.508 e. The summed E-state index contributed by atoms with van der Waals surface area (Å²) < 4.78 is 14.1. The van der Waals surface area contributed by atoms with Gasteiger partial charge in [-0.05, 0) is 130 Å². The smallest absolute Gasteiger partial charge is 0.408 e. The number of aryl methyl sites for hydroxylation is 1. The van der Waals surface area contributed by atoms with Crippen LogP contribution in [-0.2, 0) is 38.4 Å². The molecule has 4 aromatic rings. The Kier molecular flexibility index (Phi) is 12.2. The molecule has 7 rings (SSSR count). The number of aromatic nitrogens is 2. The van der Waals surface area contributed by atoms with E-state index >= 15 is 0 Å². The third kappa shape index (κ3) is 9.39. The minimum absolute atomic E-state index is 0.0419. The Morgan fingerprint density at radius 1 is 1.08 bits per heavy atom. The standard InChI is InChI=1S/C48H62N6O6/c1-10-53-41-14-13-32-24-36(41)38(43(53)37-25-34(27-49-42(37)29(2)3)31-15-18-52(9)19-16-31)26-48(7,8)28-59-45(57)39-12-11-17-54(51-39)44(56)40(50-46(58)60-47(4,5)6)22-30-20-33(32)23-35(55)21-30/h13-15,20-21,23-25,27,29,39-40,51,55H,10-12,16-19,22,26,28H2,1-9H3,(H,50,58)/t39-,40-/m0/s1. The van der Waals surface area contributed by atoms with Crippen LogP contribution in [0.1, 0.15) is 103 Å². The lowest BCUT2D eigenvalue weighted by molar-refractivity contribution is -0.155. The first-order valence-corrected chi connectivity index (χ1v) is 21.5. The van der Waals surface area contributed by atoms with Crippen LogP contribution in [0, 0.1) is 5.41 Å². The number of hydrazine groups is 1. The van der Waals surface area contributed by atoms with Crippen LogP contribution in [0.3, 0.4) is 0 Å². The van der Waals surface area contributed by atoms with Crippen LogP contribution in [0.2, 0.25) is 0 Å². The highest BCUT2D eigenvalue weighted by Crippen LogP contribution is 2.43. The van der Waals surface area contributed by atoms with E-state index in [0.717, 1.165) is 76.2 Å². The van der Waals surface area contributed by atoms with Crippen molar-refractivity contribution in [1.82, 2.24) is 30.2 Å². The van der Waals surface area contributed by atoms with E-state index in [2.05, 4.69) is 92.2 Å². The number of carbonyl (C=O) groups is 3. The number of hydrogen-bond acceptors (Lipinski definition) is 9. The molecule has 0 unspecified atom stereocenters. The summed E-state index contributed by atoms with van der Waals surface area (Å²) >= 11 is 0. The molecule has 0 saturated carbocycles. The van der Waals surface area contributed by atoms with Gasteiger partial charge in [0.05, 0.1) is 18.0 Å². The number of esters is 1. The van der Waals surface area contributed by atoms with Crippen molar-refractivity contribution < 1.29 is 29.0 Å². The number of aromatic hydroxyl groups is 1. The number of carbonyl (C=O) groups excluding carboxylic acids is 3. The molecule has 12 nitrogen and oxygen atoms in total. The van der Waals surface area contributed by atoms with E-state index in [9.17, 15) is 19.5 Å². The number of rotatable bonds is 5. The lowest BCUT2D eigenvalue weighted by Crippen LogP contribution is -2.60. The van der Waals surface area contributed by atoms with Gasteiger partial charge in [-0.2, -0.15) is 0 Å². The number of likely N-dealkylation sites (N-methyl/N-ethyl adjacent to an activating group) is 1. The lowest BCUT2D eigenvalue weighted by Gasteiger charge is -2.35. The highest BCUT2D eigenvalue weighted by Gasteiger charge is 2.36. The molecular formula is C48H62N6O6. The zero-order valence-electron chi connectivity index (χ0n) is 36.8. The summed E-state index contributed by atoms with van der Waals surface area (Å²) in [6.45, 7) is 19.2. The maximum absolute atomic E-state index is 14.2. The molecule has 2 amide bonds. The number of ether oxygens (including phenoxy) is 2. The number of pyridine rings is 1. The first-order chi connectivity index (χ1) is 28.4. The number of hydrogen-bond donors (Lipinski definition) is 3. The maximum atomic E-state index is 14.2. The predicted octanol–water partition coefficient (Wildman–Crippen LogP) is 8.00. The van der Waals surface area contributed by atoms with Crippen LogP contribution in [-0.4, -0.2) is 93.5 Å². The lowest BCUT2D eigenvalue weighted by atomic mass is 9.83. The maximum Gasteiger partial charge on any atom is 0.408 e. The van der Waals surface area contributed by atoms with Gasteiger partial charge in [-0.3, -0.25) is 19.6 Å². The Labute approximate surface area is 354 Å². The molecule has 1 fully saturated rings. The molecule has 60 heavy (non-hydrogen) atoms. The summed E-state index contributed by atoms with van der Waals surface area (Å²) in [5.74, 6) is -0.649. The van der Waals surface area contributed by atoms with Gasteiger partial charge in [0.2, 0.25) is 0 Å². The van der Waals surface area contributed by atoms with Crippen LogP contribution < -0.4 is 10.7 Å². The van der Waals surface area contributed by atoms with Gasteiger partial charge >= 0.3 is 12.1 Å². The number of fused-ring (bicyclic) bond motifs is 6. The molecular weight excluding hydrogens is 757 g/mol. The third-order valence-electron chi connectivity index (χ3n) is 11.7. The summed E-state index contributed by atoms with van der Waals surface area (Å²) in [5, 5.41) is 16.5. The van der Waals surface area contributed by atoms with Crippen molar-refractivity contribution in [2.24, 2.45) is 5.41 Å². The monoisotopic (exact) mass is 818 g/mol. The number of benzene rings is 2. The highest BCUT2D eigenvalue weighted by atomic mass is 16.6. The molecule has 1 saturated heterocycles. The Balaban J connectivity index is 1.41. The van der Waals surface area contributed by atoms with Crippen LogP contribution in [0.25, 0.3) is 38.9 Å². The predicted molar refractivity (Wildman–Crippen MR) is 235 cm³/mol. The number of nitrogens with one attached hydrogen (secondary N) is 2. The molecule has 320 valence electrons. The van der Waals surface area contributed by atoms with E-state index in [1.54, 1.807) is 32.9 Å². The second-order valence-electron chi connectivity index (χ2n) is 18.9. The van der Waals surface area contributed by atoms with Crippen LogP contribution in [0.4, 0.5) is 4.79 Å². The summed E-state index contributed by atoms with van der Waals surface area (Å²) in [5.41, 5.74) is 12.0. The second kappa shape index (κ2) is 17.0. The van der Waals surface area contributed by atoms with E-state index in [-0.39, 0.29) is 24.7 Å². The molecule has 2 atom stereocenters. The van der Waals surface area contributed by atoms with Crippen molar-refractivity contribution in [2.45, 2.75) is 118 Å². The molecule has 2 aromatic carbocycles. The van der Waals surface area contributed by atoms with Crippen LogP contribution >= 0.6 is 0 Å². The SMILES string of the molecule is CCn1c(-c2cc(C3=CCN(C)CC3)cnc2C(C)C)c2c3cc(ccc31)-c1cc(O)cc(c1)C[C@H](NC(=O)OC(C)(C)C)C(=O)N1CCC[C@H](N1)C(=O)OCC(C)(C)C2. The molecule has 3 aliphatic heterocycles.